The molecule has 0 radical (unpaired) electrons. The maximum atomic E-state index is 11.0. The number of nitro benzene ring substituents is 2. The first-order valence-corrected chi connectivity index (χ1v) is 5.08. The minimum absolute atomic E-state index is 0.268. The molecule has 0 saturated heterocycles. The molecule has 2 rings (SSSR count). The Morgan fingerprint density at radius 1 is 1.00 bits per heavy atom. The van der Waals surface area contributed by atoms with E-state index in [2.05, 4.69) is 0 Å². The van der Waals surface area contributed by atoms with Crippen molar-refractivity contribution in [3.63, 3.8) is 0 Å². The van der Waals surface area contributed by atoms with E-state index in [1.807, 2.05) is 0 Å². The summed E-state index contributed by atoms with van der Waals surface area (Å²) in [5.74, 6) is 1.75. The molecule has 6 nitrogen and oxygen atoms in total. The van der Waals surface area contributed by atoms with Crippen LogP contribution in [0.3, 0.4) is 0 Å². The van der Waals surface area contributed by atoms with E-state index in [0.29, 0.717) is 11.0 Å². The third-order valence-corrected chi connectivity index (χ3v) is 2.47. The van der Waals surface area contributed by atoms with E-state index in [0.717, 1.165) is 6.07 Å². The Labute approximate surface area is 102 Å². The number of nitrogens with zero attached hydrogens (tertiary/aromatic N) is 2. The number of hydrogen-bond donors (Lipinski definition) is 0. The van der Waals surface area contributed by atoms with Gasteiger partial charge in [0.05, 0.1) is 0 Å². The monoisotopic (exact) mass is 242 g/mol. The van der Waals surface area contributed by atoms with Gasteiger partial charge in [-0.2, -0.15) is 0 Å². The van der Waals surface area contributed by atoms with Gasteiger partial charge in [-0.05, 0) is 0 Å². The van der Waals surface area contributed by atoms with Crippen LogP contribution in [0.2, 0.25) is 0 Å². The normalized spacial score (nSPS) is 9.78. The van der Waals surface area contributed by atoms with Crippen molar-refractivity contribution in [3.05, 3.63) is 62.6 Å². The quantitative estimate of drug-likeness (QED) is 0.611. The molecule has 88 valence electrons. The van der Waals surface area contributed by atoms with Crippen LogP contribution in [-0.4, -0.2) is 16.8 Å². The fourth-order valence-corrected chi connectivity index (χ4v) is 1.65. The number of benzene rings is 1. The summed E-state index contributed by atoms with van der Waals surface area (Å²) in [7, 11) is 0. The molecule has 2 aromatic rings. The summed E-state index contributed by atoms with van der Waals surface area (Å²) in [5.41, 5.74) is 0.460. The first kappa shape index (κ1) is 11.9. The van der Waals surface area contributed by atoms with E-state index in [1.165, 1.54) is 12.1 Å². The van der Waals surface area contributed by atoms with Crippen molar-refractivity contribution in [2.24, 2.45) is 0 Å². The molecule has 18 heavy (non-hydrogen) atoms. The summed E-state index contributed by atoms with van der Waals surface area (Å²) < 4.78 is 0. The van der Waals surface area contributed by atoms with Gasteiger partial charge in [0.1, 0.15) is 0 Å². The molecule has 0 N–H and O–H groups in total. The standard InChI is InChI=1S/C11H7BN2O4/c15-13(16)8-4-5-9(11(7-8)14(17)18)10-3-1-2-6-12-10/h1-7H. The van der Waals surface area contributed by atoms with Gasteiger partial charge in [-0.25, -0.2) is 0 Å². The molecule has 0 atom stereocenters. The van der Waals surface area contributed by atoms with Gasteiger partial charge in [0.15, 0.2) is 0 Å². The zero-order valence-corrected chi connectivity index (χ0v) is 9.15. The average molecular weight is 242 g/mol. The second kappa shape index (κ2) is 4.74. The van der Waals surface area contributed by atoms with Gasteiger partial charge in [-0.15, -0.1) is 0 Å². The molecular formula is C11H7BN2O4. The molecule has 0 spiro atoms. The van der Waals surface area contributed by atoms with Crippen LogP contribution < -0.4 is 0 Å². The molecule has 0 unspecified atom stereocenters. The summed E-state index contributed by atoms with van der Waals surface area (Å²) in [6, 6.07) is 8.89. The van der Waals surface area contributed by atoms with Gasteiger partial charge < -0.3 is 0 Å². The summed E-state index contributed by atoms with van der Waals surface area (Å²) in [6.07, 6.45) is 0. The predicted octanol–water partition coefficient (Wildman–Crippen LogP) is 2.51. The van der Waals surface area contributed by atoms with Crippen molar-refractivity contribution < 1.29 is 9.85 Å². The van der Waals surface area contributed by atoms with E-state index in [-0.39, 0.29) is 11.4 Å². The van der Waals surface area contributed by atoms with Crippen LogP contribution in [0.4, 0.5) is 11.4 Å². The first-order chi connectivity index (χ1) is 8.59. The molecule has 0 fully saturated rings. The van der Waals surface area contributed by atoms with Gasteiger partial charge in [0, 0.05) is 0 Å². The van der Waals surface area contributed by atoms with Crippen LogP contribution in [-0.2, 0) is 0 Å². The van der Waals surface area contributed by atoms with Crippen molar-refractivity contribution >= 4 is 18.3 Å². The zero-order valence-electron chi connectivity index (χ0n) is 9.15. The fraction of sp³-hybridized carbons (Fsp3) is 0. The van der Waals surface area contributed by atoms with E-state index < -0.39 is 9.85 Å². The van der Waals surface area contributed by atoms with Crippen molar-refractivity contribution in [3.8, 4) is 11.0 Å². The zero-order chi connectivity index (χ0) is 13.1. The molecule has 0 aliphatic rings. The predicted molar refractivity (Wildman–Crippen MR) is 66.5 cm³/mol. The van der Waals surface area contributed by atoms with Gasteiger partial charge in [0.2, 0.25) is 0 Å². The third-order valence-electron chi connectivity index (χ3n) is 2.47. The van der Waals surface area contributed by atoms with Crippen molar-refractivity contribution in [2.45, 2.75) is 0 Å². The van der Waals surface area contributed by atoms with Crippen LogP contribution in [0.25, 0.3) is 11.0 Å². The van der Waals surface area contributed by atoms with Crippen LogP contribution in [0, 0.1) is 20.2 Å². The van der Waals surface area contributed by atoms with Crippen molar-refractivity contribution in [1.82, 2.24) is 0 Å². The Hall–Kier alpha value is -2.57. The number of rotatable bonds is 3. The van der Waals surface area contributed by atoms with Gasteiger partial charge in [-0.1, -0.05) is 0 Å². The Morgan fingerprint density at radius 3 is 2.33 bits per heavy atom. The van der Waals surface area contributed by atoms with Gasteiger partial charge in [0.25, 0.3) is 0 Å². The second-order valence-corrected chi connectivity index (χ2v) is 3.58. The topological polar surface area (TPSA) is 86.3 Å². The molecule has 0 saturated carbocycles. The van der Waals surface area contributed by atoms with Gasteiger partial charge in [-0.3, -0.25) is 0 Å². The third kappa shape index (κ3) is 2.24. The van der Waals surface area contributed by atoms with Crippen LogP contribution in [0.5, 0.6) is 0 Å². The molecule has 0 bridgehead atoms. The summed E-state index contributed by atoms with van der Waals surface area (Å²) >= 11 is 0. The number of nitro groups is 2. The second-order valence-electron chi connectivity index (χ2n) is 3.58. The molecule has 1 aromatic heterocycles. The number of hydrogen-bond acceptors (Lipinski definition) is 4. The molecule has 1 aromatic carbocycles. The SMILES string of the molecule is O=[N+]([O-])c1ccc(-c2bcccc2)c([N+](=O)[O-])c1. The summed E-state index contributed by atoms with van der Waals surface area (Å²) in [6.45, 7) is 1.72. The number of non-ortho nitro benzene ring substituents is 1. The van der Waals surface area contributed by atoms with Gasteiger partial charge >= 0.3 is 102 Å². The van der Waals surface area contributed by atoms with Crippen molar-refractivity contribution in [2.75, 3.05) is 0 Å². The Kier molecular flexibility index (Phi) is 3.14. The fourth-order valence-electron chi connectivity index (χ4n) is 1.65. The van der Waals surface area contributed by atoms with E-state index in [9.17, 15) is 20.2 Å². The summed E-state index contributed by atoms with van der Waals surface area (Å²) in [5, 5.41) is 21.6. The Bertz CT molecular complexity index is 616. The minimum atomic E-state index is -0.651. The maximum absolute atomic E-state index is 11.0. The Morgan fingerprint density at radius 2 is 1.78 bits per heavy atom. The van der Waals surface area contributed by atoms with E-state index in [4.69, 9.17) is 0 Å². The Balaban J connectivity index is 2.61. The molecule has 0 aliphatic heterocycles. The first-order valence-electron chi connectivity index (χ1n) is 5.08. The van der Waals surface area contributed by atoms with E-state index in [1.54, 1.807) is 31.1 Å². The van der Waals surface area contributed by atoms with Crippen LogP contribution in [0.15, 0.2) is 42.4 Å². The van der Waals surface area contributed by atoms with Crippen LogP contribution in [0.1, 0.15) is 0 Å². The molecule has 0 amide bonds. The van der Waals surface area contributed by atoms with E-state index >= 15 is 0 Å². The van der Waals surface area contributed by atoms with Crippen molar-refractivity contribution in [1.29, 1.82) is 0 Å². The molecule has 0 aliphatic carbocycles. The molecular weight excluding hydrogens is 235 g/mol. The molecule has 1 heterocycles. The van der Waals surface area contributed by atoms with Crippen LogP contribution >= 0.6 is 0 Å². The molecule has 7 heteroatoms. The average Bonchev–Trinajstić information content (AvgIpc) is 2.39. The summed E-state index contributed by atoms with van der Waals surface area (Å²) in [4.78, 5) is 20.3.